The summed E-state index contributed by atoms with van der Waals surface area (Å²) >= 11 is 0. The van der Waals surface area contributed by atoms with Crippen molar-refractivity contribution >= 4 is 24.7 Å². The maximum atomic E-state index is 11.0. The van der Waals surface area contributed by atoms with E-state index in [1.54, 1.807) is 7.11 Å². The molecule has 1 aliphatic heterocycles. The summed E-state index contributed by atoms with van der Waals surface area (Å²) in [5.74, 6) is 3.06. The van der Waals surface area contributed by atoms with Crippen LogP contribution in [-0.4, -0.2) is 67.6 Å². The van der Waals surface area contributed by atoms with E-state index in [9.17, 15) is 5.11 Å². The van der Waals surface area contributed by atoms with Gasteiger partial charge in [0.1, 0.15) is 32.5 Å². The highest BCUT2D eigenvalue weighted by molar-refractivity contribution is 6.83. The van der Waals surface area contributed by atoms with E-state index >= 15 is 0 Å². The van der Waals surface area contributed by atoms with Gasteiger partial charge in [-0.25, -0.2) is 0 Å². The van der Waals surface area contributed by atoms with Gasteiger partial charge in [0.25, 0.3) is 0 Å². The third-order valence-corrected chi connectivity index (χ3v) is 16.7. The standard InChI is InChI=1S/C23H48O5Si3/c1-22(2,3)30(11,12)27-19-18(17(24)15-16-29(8,9)10)26-21(25-7)20(19)28-31(13,14)23(4,5)6/h17-21,24H,1-14H3/t17-,18-,19-,20-,21-/m1/s1. The molecule has 1 N–H and O–H groups in total. The van der Waals surface area contributed by atoms with Gasteiger partial charge in [0.15, 0.2) is 22.9 Å². The molecule has 0 unspecified atom stereocenters. The normalized spacial score (nSPS) is 27.1. The Kier molecular flexibility index (Phi) is 9.09. The summed E-state index contributed by atoms with van der Waals surface area (Å²) in [6.45, 7) is 28.6. The van der Waals surface area contributed by atoms with E-state index in [4.69, 9.17) is 18.3 Å². The molecule has 182 valence electrons. The van der Waals surface area contributed by atoms with Crippen LogP contribution in [0.25, 0.3) is 0 Å². The molecule has 1 aliphatic rings. The van der Waals surface area contributed by atoms with Crippen LogP contribution < -0.4 is 0 Å². The summed E-state index contributed by atoms with van der Waals surface area (Å²) in [6, 6.07) is 0. The summed E-state index contributed by atoms with van der Waals surface area (Å²) in [5, 5.41) is 11.1. The van der Waals surface area contributed by atoms with Crippen molar-refractivity contribution in [3.8, 4) is 11.5 Å². The largest absolute Gasteiger partial charge is 0.408 e. The Morgan fingerprint density at radius 1 is 0.806 bits per heavy atom. The first kappa shape index (κ1) is 29.0. The number of aliphatic hydroxyl groups excluding tert-OH is 1. The first-order valence-corrected chi connectivity index (χ1v) is 20.7. The first-order valence-electron chi connectivity index (χ1n) is 11.4. The zero-order valence-electron chi connectivity index (χ0n) is 22.5. The lowest BCUT2D eigenvalue weighted by atomic mass is 10.1. The third kappa shape index (κ3) is 7.51. The summed E-state index contributed by atoms with van der Waals surface area (Å²) in [6.07, 6.45) is -3.01. The Balaban J connectivity index is 3.41. The van der Waals surface area contributed by atoms with Crippen LogP contribution in [0.2, 0.25) is 55.9 Å². The molecular formula is C23H48O5Si3. The molecule has 0 aromatic rings. The number of ether oxygens (including phenoxy) is 2. The molecule has 0 aliphatic carbocycles. The average Bonchev–Trinajstić information content (AvgIpc) is 2.86. The molecule has 31 heavy (non-hydrogen) atoms. The second-order valence-corrected chi connectivity index (χ2v) is 27.1. The minimum absolute atomic E-state index is 0.0131. The molecule has 5 nitrogen and oxygen atoms in total. The highest BCUT2D eigenvalue weighted by Gasteiger charge is 2.55. The molecule has 0 amide bonds. The van der Waals surface area contributed by atoms with Gasteiger partial charge < -0.3 is 23.4 Å². The summed E-state index contributed by atoms with van der Waals surface area (Å²) in [5.41, 5.74) is 3.27. The van der Waals surface area contributed by atoms with Crippen molar-refractivity contribution in [1.29, 1.82) is 0 Å². The van der Waals surface area contributed by atoms with Crippen LogP contribution in [-0.2, 0) is 18.3 Å². The van der Waals surface area contributed by atoms with Crippen molar-refractivity contribution in [3.63, 3.8) is 0 Å². The highest BCUT2D eigenvalue weighted by atomic mass is 28.4. The van der Waals surface area contributed by atoms with Crippen molar-refractivity contribution in [2.45, 2.75) is 128 Å². The van der Waals surface area contributed by atoms with Gasteiger partial charge in [0.05, 0.1) is 0 Å². The van der Waals surface area contributed by atoms with Crippen molar-refractivity contribution < 1.29 is 23.4 Å². The third-order valence-electron chi connectivity index (χ3n) is 6.82. The van der Waals surface area contributed by atoms with Gasteiger partial charge in [0, 0.05) is 7.11 Å². The number of aliphatic hydroxyl groups is 1. The van der Waals surface area contributed by atoms with Gasteiger partial charge in [-0.05, 0) is 36.3 Å². The Labute approximate surface area is 194 Å². The molecule has 0 saturated carbocycles. The zero-order chi connectivity index (χ0) is 24.6. The Morgan fingerprint density at radius 3 is 1.58 bits per heavy atom. The summed E-state index contributed by atoms with van der Waals surface area (Å²) in [7, 11) is -4.33. The molecule has 0 bridgehead atoms. The number of rotatable bonds is 6. The SMILES string of the molecule is CO[C@@H]1O[C@H]([C@H](O)C#C[Si](C)(C)C)[C@@H](O[Si](C)(C)C(C)(C)C)[C@H]1O[Si](C)(C)C(C)(C)C. The smallest absolute Gasteiger partial charge is 0.192 e. The highest BCUT2D eigenvalue weighted by Crippen LogP contribution is 2.44. The van der Waals surface area contributed by atoms with Gasteiger partial charge >= 0.3 is 0 Å². The molecule has 0 aromatic carbocycles. The van der Waals surface area contributed by atoms with E-state index in [1.807, 2.05) is 0 Å². The molecule has 1 saturated heterocycles. The topological polar surface area (TPSA) is 57.2 Å². The monoisotopic (exact) mass is 488 g/mol. The van der Waals surface area contributed by atoms with Gasteiger partial charge in [-0.2, -0.15) is 0 Å². The maximum Gasteiger partial charge on any atom is 0.192 e. The Morgan fingerprint density at radius 2 is 1.23 bits per heavy atom. The number of hydrogen-bond donors (Lipinski definition) is 1. The lowest BCUT2D eigenvalue weighted by Crippen LogP contribution is -2.55. The summed E-state index contributed by atoms with van der Waals surface area (Å²) in [4.78, 5) is 0. The Bertz CT molecular complexity index is 662. The lowest BCUT2D eigenvalue weighted by molar-refractivity contribution is -0.155. The molecule has 5 atom stereocenters. The molecule has 0 aromatic heterocycles. The number of hydrogen-bond acceptors (Lipinski definition) is 5. The second-order valence-electron chi connectivity index (χ2n) is 12.9. The fourth-order valence-corrected chi connectivity index (χ4v) is 5.92. The van der Waals surface area contributed by atoms with Crippen LogP contribution in [0, 0.1) is 11.5 Å². The molecule has 1 heterocycles. The quantitative estimate of drug-likeness (QED) is 0.402. The van der Waals surface area contributed by atoms with Gasteiger partial charge in [-0.3, -0.25) is 0 Å². The molecule has 1 rings (SSSR count). The number of methoxy groups -OCH3 is 1. The van der Waals surface area contributed by atoms with Crippen molar-refractivity contribution in [2.24, 2.45) is 0 Å². The second kappa shape index (κ2) is 9.71. The van der Waals surface area contributed by atoms with E-state index < -0.39 is 55.4 Å². The average molecular weight is 489 g/mol. The van der Waals surface area contributed by atoms with Crippen LogP contribution in [0.15, 0.2) is 0 Å². The molecule has 0 spiro atoms. The molecule has 8 heteroatoms. The Hall–Kier alpha value is 0.0106. The van der Waals surface area contributed by atoms with Crippen LogP contribution >= 0.6 is 0 Å². The van der Waals surface area contributed by atoms with Gasteiger partial charge in [0.2, 0.25) is 0 Å². The van der Waals surface area contributed by atoms with E-state index in [0.717, 1.165) is 0 Å². The minimum atomic E-state index is -2.17. The lowest BCUT2D eigenvalue weighted by Gasteiger charge is -2.44. The van der Waals surface area contributed by atoms with Crippen molar-refractivity contribution in [1.82, 2.24) is 0 Å². The van der Waals surface area contributed by atoms with Crippen LogP contribution in [0.4, 0.5) is 0 Å². The predicted molar refractivity (Wildman–Crippen MR) is 137 cm³/mol. The van der Waals surface area contributed by atoms with E-state index in [1.165, 1.54) is 0 Å². The molecular weight excluding hydrogens is 441 g/mol. The minimum Gasteiger partial charge on any atom is -0.408 e. The predicted octanol–water partition coefficient (Wildman–Crippen LogP) is 5.38. The molecule has 0 radical (unpaired) electrons. The summed E-state index contributed by atoms with van der Waals surface area (Å²) < 4.78 is 25.6. The first-order chi connectivity index (χ1) is 13.6. The van der Waals surface area contributed by atoms with E-state index in [0.29, 0.717) is 0 Å². The van der Waals surface area contributed by atoms with Crippen molar-refractivity contribution in [2.75, 3.05) is 7.11 Å². The van der Waals surface area contributed by atoms with Gasteiger partial charge in [-0.1, -0.05) is 67.1 Å². The fraction of sp³-hybridized carbons (Fsp3) is 0.913. The van der Waals surface area contributed by atoms with Crippen LogP contribution in [0.5, 0.6) is 0 Å². The zero-order valence-corrected chi connectivity index (χ0v) is 25.5. The van der Waals surface area contributed by atoms with Gasteiger partial charge in [-0.15, -0.1) is 5.54 Å². The van der Waals surface area contributed by atoms with Crippen LogP contribution in [0.3, 0.4) is 0 Å². The van der Waals surface area contributed by atoms with Crippen molar-refractivity contribution in [3.05, 3.63) is 0 Å². The van der Waals surface area contributed by atoms with E-state index in [-0.39, 0.29) is 10.1 Å². The van der Waals surface area contributed by atoms with Crippen LogP contribution in [0.1, 0.15) is 41.5 Å². The fourth-order valence-electron chi connectivity index (χ4n) is 2.76. The maximum absolute atomic E-state index is 11.0. The van der Waals surface area contributed by atoms with E-state index in [2.05, 4.69) is 98.8 Å². The molecule has 1 fully saturated rings.